The lowest BCUT2D eigenvalue weighted by Crippen LogP contribution is -2.52. The van der Waals surface area contributed by atoms with Gasteiger partial charge in [-0.25, -0.2) is 0 Å². The van der Waals surface area contributed by atoms with E-state index in [-0.39, 0.29) is 18.2 Å². The zero-order valence-electron chi connectivity index (χ0n) is 12.5. The maximum absolute atomic E-state index is 12.7. The van der Waals surface area contributed by atoms with Crippen LogP contribution in [0.25, 0.3) is 0 Å². The molecule has 1 unspecified atom stereocenters. The summed E-state index contributed by atoms with van der Waals surface area (Å²) in [6.07, 6.45) is 0.191. The SMILES string of the molecule is O=C1NCCN(C(=O)Cc2ccccc2Cl)C1c1ccccc1. The van der Waals surface area contributed by atoms with Gasteiger partial charge in [-0.05, 0) is 17.2 Å². The van der Waals surface area contributed by atoms with Crippen LogP contribution in [0.3, 0.4) is 0 Å². The molecule has 1 saturated heterocycles. The van der Waals surface area contributed by atoms with E-state index < -0.39 is 6.04 Å². The van der Waals surface area contributed by atoms with Crippen molar-refractivity contribution in [2.75, 3.05) is 13.1 Å². The van der Waals surface area contributed by atoms with E-state index in [1.165, 1.54) is 0 Å². The molecule has 1 fully saturated rings. The summed E-state index contributed by atoms with van der Waals surface area (Å²) in [5.74, 6) is -0.239. The van der Waals surface area contributed by atoms with Gasteiger partial charge in [0.2, 0.25) is 11.8 Å². The van der Waals surface area contributed by atoms with Crippen molar-refractivity contribution in [3.8, 4) is 0 Å². The number of nitrogens with one attached hydrogen (secondary N) is 1. The van der Waals surface area contributed by atoms with Crippen molar-refractivity contribution in [2.24, 2.45) is 0 Å². The summed E-state index contributed by atoms with van der Waals surface area (Å²) >= 11 is 6.14. The van der Waals surface area contributed by atoms with Crippen molar-refractivity contribution in [3.05, 3.63) is 70.7 Å². The largest absolute Gasteiger partial charge is 0.352 e. The van der Waals surface area contributed by atoms with Gasteiger partial charge in [-0.3, -0.25) is 9.59 Å². The molecule has 1 aliphatic rings. The zero-order valence-corrected chi connectivity index (χ0v) is 13.3. The molecule has 1 atom stereocenters. The summed E-state index contributed by atoms with van der Waals surface area (Å²) in [6.45, 7) is 0.963. The number of rotatable bonds is 3. The first-order chi connectivity index (χ1) is 11.2. The fourth-order valence-corrected chi connectivity index (χ4v) is 3.01. The second-order valence-electron chi connectivity index (χ2n) is 5.46. The highest BCUT2D eigenvalue weighted by molar-refractivity contribution is 6.31. The molecule has 0 radical (unpaired) electrons. The molecule has 1 heterocycles. The molecular weight excluding hydrogens is 312 g/mol. The van der Waals surface area contributed by atoms with Crippen LogP contribution in [0.5, 0.6) is 0 Å². The second kappa shape index (κ2) is 6.84. The summed E-state index contributed by atoms with van der Waals surface area (Å²) in [6, 6.07) is 16.1. The monoisotopic (exact) mass is 328 g/mol. The summed E-state index contributed by atoms with van der Waals surface area (Å²) in [5, 5.41) is 3.40. The van der Waals surface area contributed by atoms with E-state index in [0.717, 1.165) is 11.1 Å². The first-order valence-corrected chi connectivity index (χ1v) is 7.90. The highest BCUT2D eigenvalue weighted by Crippen LogP contribution is 2.25. The highest BCUT2D eigenvalue weighted by atomic mass is 35.5. The van der Waals surface area contributed by atoms with Crippen LogP contribution < -0.4 is 5.32 Å². The van der Waals surface area contributed by atoms with Crippen molar-refractivity contribution in [1.29, 1.82) is 0 Å². The third kappa shape index (κ3) is 3.37. The minimum Gasteiger partial charge on any atom is -0.352 e. The number of halogens is 1. The van der Waals surface area contributed by atoms with E-state index in [2.05, 4.69) is 5.32 Å². The molecule has 0 aliphatic carbocycles. The van der Waals surface area contributed by atoms with Gasteiger partial charge in [-0.1, -0.05) is 60.1 Å². The van der Waals surface area contributed by atoms with Crippen LogP contribution in [0.4, 0.5) is 0 Å². The Balaban J connectivity index is 1.85. The minimum absolute atomic E-state index is 0.0956. The molecule has 0 aromatic heterocycles. The molecule has 23 heavy (non-hydrogen) atoms. The van der Waals surface area contributed by atoms with E-state index >= 15 is 0 Å². The van der Waals surface area contributed by atoms with Gasteiger partial charge in [-0.15, -0.1) is 0 Å². The van der Waals surface area contributed by atoms with Crippen LogP contribution in [-0.2, 0) is 16.0 Å². The van der Waals surface area contributed by atoms with Crippen LogP contribution in [0.15, 0.2) is 54.6 Å². The average molecular weight is 329 g/mol. The van der Waals surface area contributed by atoms with Gasteiger partial charge in [0.25, 0.3) is 0 Å². The molecule has 4 nitrogen and oxygen atoms in total. The Morgan fingerprint density at radius 3 is 2.57 bits per heavy atom. The minimum atomic E-state index is -0.583. The Bertz CT molecular complexity index is 718. The van der Waals surface area contributed by atoms with Gasteiger partial charge in [0.05, 0.1) is 6.42 Å². The van der Waals surface area contributed by atoms with E-state index in [1.54, 1.807) is 11.0 Å². The van der Waals surface area contributed by atoms with Gasteiger partial charge in [0, 0.05) is 18.1 Å². The lowest BCUT2D eigenvalue weighted by atomic mass is 10.0. The molecule has 5 heteroatoms. The molecule has 0 saturated carbocycles. The number of hydrogen-bond donors (Lipinski definition) is 1. The molecule has 118 valence electrons. The van der Waals surface area contributed by atoms with Crippen LogP contribution in [0.1, 0.15) is 17.2 Å². The molecule has 0 bridgehead atoms. The van der Waals surface area contributed by atoms with Gasteiger partial charge in [-0.2, -0.15) is 0 Å². The van der Waals surface area contributed by atoms with Crippen molar-refractivity contribution in [2.45, 2.75) is 12.5 Å². The van der Waals surface area contributed by atoms with Gasteiger partial charge in [0.15, 0.2) is 0 Å². The van der Waals surface area contributed by atoms with Crippen molar-refractivity contribution in [3.63, 3.8) is 0 Å². The summed E-state index contributed by atoms with van der Waals surface area (Å²) in [7, 11) is 0. The predicted molar refractivity (Wildman–Crippen MR) is 89.1 cm³/mol. The summed E-state index contributed by atoms with van der Waals surface area (Å²) in [5.41, 5.74) is 1.59. The topological polar surface area (TPSA) is 49.4 Å². The van der Waals surface area contributed by atoms with Crippen LogP contribution >= 0.6 is 11.6 Å². The fourth-order valence-electron chi connectivity index (χ4n) is 2.81. The van der Waals surface area contributed by atoms with E-state index in [4.69, 9.17) is 11.6 Å². The number of piperazine rings is 1. The maximum atomic E-state index is 12.7. The Labute approximate surface area is 140 Å². The van der Waals surface area contributed by atoms with Gasteiger partial charge >= 0.3 is 0 Å². The smallest absolute Gasteiger partial charge is 0.247 e. The van der Waals surface area contributed by atoms with Crippen LogP contribution in [0.2, 0.25) is 5.02 Å². The number of nitrogens with zero attached hydrogens (tertiary/aromatic N) is 1. The van der Waals surface area contributed by atoms with Crippen molar-refractivity contribution in [1.82, 2.24) is 10.2 Å². The molecule has 2 amide bonds. The second-order valence-corrected chi connectivity index (χ2v) is 5.87. The quantitative estimate of drug-likeness (QED) is 0.941. The van der Waals surface area contributed by atoms with E-state index in [0.29, 0.717) is 18.1 Å². The molecule has 1 aliphatic heterocycles. The summed E-state index contributed by atoms with van der Waals surface area (Å²) < 4.78 is 0. The van der Waals surface area contributed by atoms with Crippen LogP contribution in [-0.4, -0.2) is 29.8 Å². The summed E-state index contributed by atoms with van der Waals surface area (Å²) in [4.78, 5) is 26.7. The molecule has 2 aromatic carbocycles. The maximum Gasteiger partial charge on any atom is 0.247 e. The number of benzene rings is 2. The predicted octanol–water partition coefficient (Wildman–Crippen LogP) is 2.58. The molecule has 3 rings (SSSR count). The van der Waals surface area contributed by atoms with Crippen molar-refractivity contribution >= 4 is 23.4 Å². The van der Waals surface area contributed by atoms with Crippen LogP contribution in [0, 0.1) is 0 Å². The van der Waals surface area contributed by atoms with Gasteiger partial charge < -0.3 is 10.2 Å². The van der Waals surface area contributed by atoms with Crippen molar-refractivity contribution < 1.29 is 9.59 Å². The first kappa shape index (κ1) is 15.6. The van der Waals surface area contributed by atoms with E-state index in [1.807, 2.05) is 48.5 Å². The Morgan fingerprint density at radius 2 is 1.83 bits per heavy atom. The molecule has 0 spiro atoms. The van der Waals surface area contributed by atoms with E-state index in [9.17, 15) is 9.59 Å². The fraction of sp³-hybridized carbons (Fsp3) is 0.222. The number of carbonyl (C=O) groups is 2. The molecular formula is C18H17ClN2O2. The first-order valence-electron chi connectivity index (χ1n) is 7.52. The standard InChI is InChI=1S/C18H17ClN2O2/c19-15-9-5-4-8-14(15)12-16(22)21-11-10-20-18(23)17(21)13-6-2-1-3-7-13/h1-9,17H,10-12H2,(H,20,23). The zero-order chi connectivity index (χ0) is 16.2. The molecule has 1 N–H and O–H groups in total. The number of amides is 2. The highest BCUT2D eigenvalue weighted by Gasteiger charge is 2.34. The third-order valence-corrected chi connectivity index (χ3v) is 4.32. The number of hydrogen-bond acceptors (Lipinski definition) is 2. The lowest BCUT2D eigenvalue weighted by molar-refractivity contribution is -0.143. The lowest BCUT2D eigenvalue weighted by Gasteiger charge is -2.35. The molecule has 2 aromatic rings. The average Bonchev–Trinajstić information content (AvgIpc) is 2.57. The number of carbonyl (C=O) groups excluding carboxylic acids is 2. The Kier molecular flexibility index (Phi) is 4.63. The van der Waals surface area contributed by atoms with Gasteiger partial charge in [0.1, 0.15) is 6.04 Å². The third-order valence-electron chi connectivity index (χ3n) is 3.95. The Hall–Kier alpha value is -2.33. The normalized spacial score (nSPS) is 17.7. The Morgan fingerprint density at radius 1 is 1.13 bits per heavy atom.